The first-order valence-electron chi connectivity index (χ1n) is 9.32. The smallest absolute Gasteiger partial charge is 0.145 e. The van der Waals surface area contributed by atoms with Crippen LogP contribution in [0.1, 0.15) is 66.9 Å². The van der Waals surface area contributed by atoms with Crippen molar-refractivity contribution in [1.29, 1.82) is 0 Å². The second-order valence-corrected chi connectivity index (χ2v) is 7.48. The maximum absolute atomic E-state index is 11.7. The number of nitrogens with zero attached hydrogens (tertiary/aromatic N) is 1. The fraction of sp³-hybridized carbons (Fsp3) is 0.524. The van der Waals surface area contributed by atoms with E-state index in [1.54, 1.807) is 0 Å². The monoisotopic (exact) mass is 339 g/mol. The minimum Gasteiger partial charge on any atom is -0.373 e. The summed E-state index contributed by atoms with van der Waals surface area (Å²) in [7, 11) is 0. The fourth-order valence-corrected chi connectivity index (χ4v) is 3.84. The summed E-state index contributed by atoms with van der Waals surface area (Å²) in [5, 5.41) is 4.43. The molecule has 2 aliphatic rings. The van der Waals surface area contributed by atoms with Crippen LogP contribution < -0.4 is 0 Å². The van der Waals surface area contributed by atoms with Gasteiger partial charge < -0.3 is 9.26 Å². The molecule has 0 radical (unpaired) electrons. The van der Waals surface area contributed by atoms with Gasteiger partial charge in [-0.25, -0.2) is 0 Å². The Kier molecular flexibility index (Phi) is 4.46. The maximum Gasteiger partial charge on any atom is 0.145 e. The van der Waals surface area contributed by atoms with Crippen molar-refractivity contribution >= 4 is 5.78 Å². The Morgan fingerprint density at radius 2 is 1.96 bits per heavy atom. The van der Waals surface area contributed by atoms with Crippen LogP contribution in [0.3, 0.4) is 0 Å². The van der Waals surface area contributed by atoms with Gasteiger partial charge in [-0.2, -0.15) is 0 Å². The van der Waals surface area contributed by atoms with E-state index < -0.39 is 0 Å². The Morgan fingerprint density at radius 3 is 2.64 bits per heavy atom. The Labute approximate surface area is 148 Å². The van der Waals surface area contributed by atoms with Gasteiger partial charge in [0, 0.05) is 29.9 Å². The predicted octanol–water partition coefficient (Wildman–Crippen LogP) is 4.86. The average Bonchev–Trinajstić information content (AvgIpc) is 3.34. The molecule has 4 nitrogen and oxygen atoms in total. The summed E-state index contributed by atoms with van der Waals surface area (Å²) in [5.74, 6) is 1.79. The number of hydrogen-bond acceptors (Lipinski definition) is 4. The lowest BCUT2D eigenvalue weighted by Gasteiger charge is -2.21. The number of hydrogen-bond donors (Lipinski definition) is 0. The van der Waals surface area contributed by atoms with Gasteiger partial charge in [0.25, 0.3) is 0 Å². The topological polar surface area (TPSA) is 52.3 Å². The minimum absolute atomic E-state index is 0.0361. The first-order valence-corrected chi connectivity index (χ1v) is 9.32. The van der Waals surface area contributed by atoms with Gasteiger partial charge in [-0.05, 0) is 50.7 Å². The highest BCUT2D eigenvalue weighted by Crippen LogP contribution is 2.45. The SMILES string of the molecule is Cc1cccc(C)c1-c1noc(C2CC2)c1CO[C@H]1CCCC(=O)C1. The number of ether oxygens (including phenoxy) is 1. The van der Waals surface area contributed by atoms with Crippen molar-refractivity contribution in [3.63, 3.8) is 0 Å². The summed E-state index contributed by atoms with van der Waals surface area (Å²) >= 11 is 0. The van der Waals surface area contributed by atoms with E-state index in [0.29, 0.717) is 31.1 Å². The van der Waals surface area contributed by atoms with Crippen LogP contribution in [0.4, 0.5) is 0 Å². The van der Waals surface area contributed by atoms with Gasteiger partial charge in [0.2, 0.25) is 0 Å². The molecule has 0 saturated heterocycles. The molecule has 25 heavy (non-hydrogen) atoms. The van der Waals surface area contributed by atoms with Gasteiger partial charge in [-0.3, -0.25) is 4.79 Å². The highest BCUT2D eigenvalue weighted by atomic mass is 16.5. The molecular formula is C21H25NO3. The van der Waals surface area contributed by atoms with E-state index in [1.165, 1.54) is 11.1 Å². The van der Waals surface area contributed by atoms with Gasteiger partial charge in [0.05, 0.1) is 12.7 Å². The van der Waals surface area contributed by atoms with Crippen LogP contribution in [-0.4, -0.2) is 17.0 Å². The Balaban J connectivity index is 1.63. The summed E-state index contributed by atoms with van der Waals surface area (Å²) in [4.78, 5) is 11.7. The predicted molar refractivity (Wildman–Crippen MR) is 95.4 cm³/mol. The zero-order valence-electron chi connectivity index (χ0n) is 15.0. The van der Waals surface area contributed by atoms with Crippen LogP contribution in [-0.2, 0) is 16.1 Å². The molecule has 1 aromatic heterocycles. The van der Waals surface area contributed by atoms with Gasteiger partial charge in [-0.1, -0.05) is 23.4 Å². The van der Waals surface area contributed by atoms with E-state index in [1.807, 2.05) is 0 Å². The number of Topliss-reactive ketones (excluding diaryl/α,β-unsaturated/α-hetero) is 1. The van der Waals surface area contributed by atoms with Gasteiger partial charge >= 0.3 is 0 Å². The highest BCUT2D eigenvalue weighted by molar-refractivity contribution is 5.79. The molecule has 0 bridgehead atoms. The molecule has 0 unspecified atom stereocenters. The number of aromatic nitrogens is 1. The summed E-state index contributed by atoms with van der Waals surface area (Å²) in [5.41, 5.74) is 5.54. The second-order valence-electron chi connectivity index (χ2n) is 7.48. The summed E-state index contributed by atoms with van der Waals surface area (Å²) in [6, 6.07) is 6.29. The zero-order valence-corrected chi connectivity index (χ0v) is 15.0. The van der Waals surface area contributed by atoms with Crippen LogP contribution in [0.15, 0.2) is 22.7 Å². The lowest BCUT2D eigenvalue weighted by atomic mass is 9.95. The van der Waals surface area contributed by atoms with E-state index in [2.05, 4.69) is 37.2 Å². The van der Waals surface area contributed by atoms with Crippen LogP contribution in [0.2, 0.25) is 0 Å². The summed E-state index contributed by atoms with van der Waals surface area (Å²) in [6.07, 6.45) is 5.51. The van der Waals surface area contributed by atoms with Gasteiger partial charge in [0.15, 0.2) is 0 Å². The van der Waals surface area contributed by atoms with E-state index in [-0.39, 0.29) is 6.10 Å². The molecule has 1 aromatic carbocycles. The average molecular weight is 339 g/mol. The largest absolute Gasteiger partial charge is 0.373 e. The molecule has 0 amide bonds. The van der Waals surface area contributed by atoms with Crippen molar-refractivity contribution in [3.8, 4) is 11.3 Å². The molecule has 0 spiro atoms. The number of aryl methyl sites for hydroxylation is 2. The molecule has 2 aliphatic carbocycles. The first kappa shape index (κ1) is 16.5. The van der Waals surface area contributed by atoms with E-state index in [0.717, 1.165) is 48.3 Å². The third kappa shape index (κ3) is 3.40. The third-order valence-corrected chi connectivity index (χ3v) is 5.39. The van der Waals surface area contributed by atoms with Crippen LogP contribution >= 0.6 is 0 Å². The van der Waals surface area contributed by atoms with Crippen molar-refractivity contribution in [2.45, 2.75) is 71.0 Å². The number of carbonyl (C=O) groups excluding carboxylic acids is 1. The van der Waals surface area contributed by atoms with E-state index in [4.69, 9.17) is 9.26 Å². The molecule has 0 N–H and O–H groups in total. The number of rotatable bonds is 5. The summed E-state index contributed by atoms with van der Waals surface area (Å²) < 4.78 is 11.9. The molecule has 2 saturated carbocycles. The Morgan fingerprint density at radius 1 is 1.20 bits per heavy atom. The quantitative estimate of drug-likeness (QED) is 0.780. The normalized spacial score (nSPS) is 20.9. The molecule has 4 rings (SSSR count). The highest BCUT2D eigenvalue weighted by Gasteiger charge is 2.33. The van der Waals surface area contributed by atoms with Gasteiger partial charge in [-0.15, -0.1) is 0 Å². The van der Waals surface area contributed by atoms with E-state index >= 15 is 0 Å². The Bertz CT molecular complexity index is 768. The molecule has 2 aromatic rings. The van der Waals surface area contributed by atoms with Crippen LogP contribution in [0, 0.1) is 13.8 Å². The van der Waals surface area contributed by atoms with Crippen molar-refractivity contribution < 1.29 is 14.1 Å². The second kappa shape index (κ2) is 6.75. The lowest BCUT2D eigenvalue weighted by Crippen LogP contribution is -2.22. The van der Waals surface area contributed by atoms with Crippen molar-refractivity contribution in [2.24, 2.45) is 0 Å². The molecule has 4 heteroatoms. The first-order chi connectivity index (χ1) is 12.1. The maximum atomic E-state index is 11.7. The molecule has 0 aliphatic heterocycles. The Hall–Kier alpha value is -1.94. The fourth-order valence-electron chi connectivity index (χ4n) is 3.84. The molecule has 1 atom stereocenters. The van der Waals surface area contributed by atoms with Crippen molar-refractivity contribution in [1.82, 2.24) is 5.16 Å². The molecular weight excluding hydrogens is 314 g/mol. The standard InChI is InChI=1S/C21H25NO3/c1-13-5-3-6-14(2)19(13)20-18(21(25-22-20)15-9-10-15)12-24-17-8-4-7-16(23)11-17/h3,5-6,15,17H,4,7-12H2,1-2H3/t17-/m0/s1. The minimum atomic E-state index is 0.0361. The third-order valence-electron chi connectivity index (χ3n) is 5.39. The molecule has 2 fully saturated rings. The van der Waals surface area contributed by atoms with E-state index in [9.17, 15) is 4.79 Å². The number of benzene rings is 1. The number of carbonyl (C=O) groups is 1. The van der Waals surface area contributed by atoms with Crippen LogP contribution in [0.25, 0.3) is 11.3 Å². The lowest BCUT2D eigenvalue weighted by molar-refractivity contribution is -0.124. The number of ketones is 1. The summed E-state index contributed by atoms with van der Waals surface area (Å²) in [6.45, 7) is 4.70. The molecule has 132 valence electrons. The van der Waals surface area contributed by atoms with Gasteiger partial charge in [0.1, 0.15) is 17.2 Å². The molecule has 1 heterocycles. The zero-order chi connectivity index (χ0) is 17.4. The van der Waals surface area contributed by atoms with Crippen molar-refractivity contribution in [2.75, 3.05) is 0 Å². The van der Waals surface area contributed by atoms with Crippen LogP contribution in [0.5, 0.6) is 0 Å². The van der Waals surface area contributed by atoms with Crippen molar-refractivity contribution in [3.05, 3.63) is 40.6 Å².